The van der Waals surface area contributed by atoms with Gasteiger partial charge in [0.1, 0.15) is 0 Å². The van der Waals surface area contributed by atoms with Gasteiger partial charge in [-0.15, -0.1) is 5.10 Å². The molecule has 0 aliphatic rings. The van der Waals surface area contributed by atoms with E-state index < -0.39 is 0 Å². The summed E-state index contributed by atoms with van der Waals surface area (Å²) in [5.74, 6) is 0.511. The molecule has 0 spiro atoms. The first-order valence-electron chi connectivity index (χ1n) is 8.07. The molecule has 0 saturated heterocycles. The van der Waals surface area contributed by atoms with Crippen LogP contribution in [0, 0.1) is 0 Å². The first kappa shape index (κ1) is 14.5. The Hall–Kier alpha value is -3.81. The van der Waals surface area contributed by atoms with E-state index in [2.05, 4.69) is 30.5 Å². The van der Waals surface area contributed by atoms with Gasteiger partial charge in [-0.3, -0.25) is 14.6 Å². The molecule has 0 aliphatic heterocycles. The standard InChI is InChI=1S/C18H14N8/c1-25-11-13(9-22-25)23-18-21-10-17-14(4-7-26(17)24-18)12-2-3-15-16(8-12)20-6-5-19-15/h2-11H,1H3,(H,23,24). The molecule has 4 heterocycles. The Morgan fingerprint density at radius 3 is 2.69 bits per heavy atom. The van der Waals surface area contributed by atoms with Crippen molar-refractivity contribution in [3.8, 4) is 11.1 Å². The molecule has 5 aromatic rings. The largest absolute Gasteiger partial charge is 0.320 e. The quantitative estimate of drug-likeness (QED) is 0.543. The average molecular weight is 342 g/mol. The fourth-order valence-corrected chi connectivity index (χ4v) is 2.95. The molecule has 0 aliphatic carbocycles. The highest BCUT2D eigenvalue weighted by atomic mass is 15.3. The van der Waals surface area contributed by atoms with Crippen molar-refractivity contribution in [1.29, 1.82) is 0 Å². The number of rotatable bonds is 3. The van der Waals surface area contributed by atoms with Crippen LogP contribution in [0.4, 0.5) is 11.6 Å². The minimum Gasteiger partial charge on any atom is -0.320 e. The minimum absolute atomic E-state index is 0.511. The predicted octanol–water partition coefficient (Wildman–Crippen LogP) is 2.82. The van der Waals surface area contributed by atoms with Gasteiger partial charge in [0.2, 0.25) is 5.95 Å². The van der Waals surface area contributed by atoms with E-state index in [9.17, 15) is 0 Å². The number of anilines is 2. The molecule has 0 atom stereocenters. The third-order valence-electron chi connectivity index (χ3n) is 4.16. The highest BCUT2D eigenvalue weighted by Crippen LogP contribution is 2.27. The number of aryl methyl sites for hydroxylation is 1. The molecule has 1 aromatic carbocycles. The van der Waals surface area contributed by atoms with Crippen molar-refractivity contribution in [3.05, 3.63) is 61.4 Å². The number of hydrogen-bond acceptors (Lipinski definition) is 6. The van der Waals surface area contributed by atoms with E-state index in [4.69, 9.17) is 0 Å². The lowest BCUT2D eigenvalue weighted by atomic mass is 10.1. The number of benzene rings is 1. The van der Waals surface area contributed by atoms with Crippen LogP contribution in [0.25, 0.3) is 27.7 Å². The molecular formula is C18H14N8. The Labute approximate surface area is 148 Å². The van der Waals surface area contributed by atoms with E-state index in [-0.39, 0.29) is 0 Å². The zero-order chi connectivity index (χ0) is 17.5. The maximum absolute atomic E-state index is 4.52. The Morgan fingerprint density at radius 1 is 0.962 bits per heavy atom. The van der Waals surface area contributed by atoms with E-state index in [1.54, 1.807) is 23.3 Å². The molecular weight excluding hydrogens is 328 g/mol. The van der Waals surface area contributed by atoms with E-state index in [0.717, 1.165) is 33.4 Å². The topological polar surface area (TPSA) is 85.8 Å². The maximum Gasteiger partial charge on any atom is 0.245 e. The van der Waals surface area contributed by atoms with Crippen molar-refractivity contribution >= 4 is 28.2 Å². The number of fused-ring (bicyclic) bond motifs is 2. The van der Waals surface area contributed by atoms with Crippen LogP contribution in [0.2, 0.25) is 0 Å². The lowest BCUT2D eigenvalue weighted by Gasteiger charge is -2.04. The summed E-state index contributed by atoms with van der Waals surface area (Å²) in [5.41, 5.74) is 5.60. The summed E-state index contributed by atoms with van der Waals surface area (Å²) in [6.07, 6.45) is 10.7. The molecule has 5 rings (SSSR count). The van der Waals surface area contributed by atoms with Crippen molar-refractivity contribution in [3.63, 3.8) is 0 Å². The van der Waals surface area contributed by atoms with E-state index in [0.29, 0.717) is 5.95 Å². The lowest BCUT2D eigenvalue weighted by molar-refractivity contribution is 0.768. The van der Waals surface area contributed by atoms with Crippen molar-refractivity contribution in [2.45, 2.75) is 0 Å². The van der Waals surface area contributed by atoms with E-state index in [1.807, 2.05) is 54.4 Å². The molecule has 26 heavy (non-hydrogen) atoms. The van der Waals surface area contributed by atoms with Crippen LogP contribution in [0.15, 0.2) is 61.4 Å². The Morgan fingerprint density at radius 2 is 1.85 bits per heavy atom. The van der Waals surface area contributed by atoms with Crippen LogP contribution in [0.5, 0.6) is 0 Å². The van der Waals surface area contributed by atoms with Gasteiger partial charge in [-0.25, -0.2) is 9.50 Å². The van der Waals surface area contributed by atoms with Crippen LogP contribution in [-0.4, -0.2) is 34.3 Å². The number of nitrogens with one attached hydrogen (secondary N) is 1. The van der Waals surface area contributed by atoms with E-state index >= 15 is 0 Å². The first-order valence-corrected chi connectivity index (χ1v) is 8.07. The molecule has 0 amide bonds. The van der Waals surface area contributed by atoms with Gasteiger partial charge in [-0.1, -0.05) is 6.07 Å². The van der Waals surface area contributed by atoms with Crippen LogP contribution >= 0.6 is 0 Å². The minimum atomic E-state index is 0.511. The summed E-state index contributed by atoms with van der Waals surface area (Å²) in [5, 5.41) is 11.8. The fraction of sp³-hybridized carbons (Fsp3) is 0.0556. The van der Waals surface area contributed by atoms with Gasteiger partial charge in [0, 0.05) is 37.4 Å². The van der Waals surface area contributed by atoms with Crippen molar-refractivity contribution in [2.75, 3.05) is 5.32 Å². The van der Waals surface area contributed by atoms with Gasteiger partial charge in [0.25, 0.3) is 0 Å². The molecule has 4 aromatic heterocycles. The molecule has 8 nitrogen and oxygen atoms in total. The van der Waals surface area contributed by atoms with Crippen LogP contribution in [0.3, 0.4) is 0 Å². The second kappa shape index (κ2) is 5.62. The predicted molar refractivity (Wildman–Crippen MR) is 98.0 cm³/mol. The van der Waals surface area contributed by atoms with Gasteiger partial charge >= 0.3 is 0 Å². The second-order valence-electron chi connectivity index (χ2n) is 5.93. The molecule has 0 saturated carbocycles. The Kier molecular flexibility index (Phi) is 3.14. The van der Waals surface area contributed by atoms with Crippen molar-refractivity contribution in [2.24, 2.45) is 7.05 Å². The van der Waals surface area contributed by atoms with Gasteiger partial charge < -0.3 is 5.32 Å². The van der Waals surface area contributed by atoms with E-state index in [1.165, 1.54) is 0 Å². The molecule has 0 bridgehead atoms. The fourth-order valence-electron chi connectivity index (χ4n) is 2.95. The van der Waals surface area contributed by atoms with Crippen molar-refractivity contribution in [1.82, 2.24) is 34.3 Å². The Bertz CT molecular complexity index is 1240. The molecule has 8 heteroatoms. The van der Waals surface area contributed by atoms with Gasteiger partial charge in [0.05, 0.1) is 34.6 Å². The van der Waals surface area contributed by atoms with Crippen LogP contribution < -0.4 is 5.32 Å². The third-order valence-corrected chi connectivity index (χ3v) is 4.16. The first-order chi connectivity index (χ1) is 12.8. The summed E-state index contributed by atoms with van der Waals surface area (Å²) in [6, 6.07) is 8.06. The smallest absolute Gasteiger partial charge is 0.245 e. The van der Waals surface area contributed by atoms with Gasteiger partial charge in [-0.2, -0.15) is 5.10 Å². The molecule has 0 radical (unpaired) electrons. The van der Waals surface area contributed by atoms with Gasteiger partial charge in [0.15, 0.2) is 0 Å². The summed E-state index contributed by atoms with van der Waals surface area (Å²) >= 11 is 0. The van der Waals surface area contributed by atoms with Crippen LogP contribution in [0.1, 0.15) is 0 Å². The summed E-state index contributed by atoms with van der Waals surface area (Å²) in [4.78, 5) is 13.1. The van der Waals surface area contributed by atoms with Gasteiger partial charge in [-0.05, 0) is 23.8 Å². The normalized spacial score (nSPS) is 11.3. The zero-order valence-electron chi connectivity index (χ0n) is 13.9. The van der Waals surface area contributed by atoms with Crippen LogP contribution in [-0.2, 0) is 7.05 Å². The number of aromatic nitrogens is 7. The summed E-state index contributed by atoms with van der Waals surface area (Å²) in [6.45, 7) is 0. The average Bonchev–Trinajstić information content (AvgIpc) is 3.27. The number of hydrogen-bond donors (Lipinski definition) is 1. The zero-order valence-corrected chi connectivity index (χ0v) is 13.9. The molecule has 0 unspecified atom stereocenters. The molecule has 1 N–H and O–H groups in total. The summed E-state index contributed by atoms with van der Waals surface area (Å²) in [7, 11) is 1.86. The summed E-state index contributed by atoms with van der Waals surface area (Å²) < 4.78 is 3.53. The monoisotopic (exact) mass is 342 g/mol. The molecule has 0 fully saturated rings. The SMILES string of the molecule is Cn1cc(Nc2ncc3c(-c4ccc5nccnc5c4)ccn3n2)cn1. The lowest BCUT2D eigenvalue weighted by Crippen LogP contribution is -2.00. The maximum atomic E-state index is 4.52. The number of nitrogens with zero attached hydrogens (tertiary/aromatic N) is 7. The highest BCUT2D eigenvalue weighted by Gasteiger charge is 2.09. The van der Waals surface area contributed by atoms with Crippen molar-refractivity contribution < 1.29 is 0 Å². The second-order valence-corrected chi connectivity index (χ2v) is 5.93. The third kappa shape index (κ3) is 2.44. The Balaban J connectivity index is 1.54. The highest BCUT2D eigenvalue weighted by molar-refractivity contribution is 5.87. The molecule has 126 valence electrons.